The maximum absolute atomic E-state index is 3.48. The van der Waals surface area contributed by atoms with Crippen molar-refractivity contribution >= 4 is 0 Å². The topological polar surface area (TPSA) is 12.0 Å². The molecule has 0 aliphatic rings. The molecule has 0 atom stereocenters. The predicted octanol–water partition coefficient (Wildman–Crippen LogP) is 5.33. The van der Waals surface area contributed by atoms with Gasteiger partial charge in [0.25, 0.3) is 0 Å². The van der Waals surface area contributed by atoms with Gasteiger partial charge in [0, 0.05) is 0 Å². The van der Waals surface area contributed by atoms with Crippen LogP contribution >= 0.6 is 0 Å². The third-order valence-corrected chi connectivity index (χ3v) is 5.11. The molecular formula is C20H35N. The zero-order chi connectivity index (χ0) is 15.8. The van der Waals surface area contributed by atoms with Gasteiger partial charge in [-0.05, 0) is 107 Å². The molecule has 0 saturated heterocycles. The summed E-state index contributed by atoms with van der Waals surface area (Å²) in [5.41, 5.74) is 9.14. The van der Waals surface area contributed by atoms with Crippen LogP contribution in [0.3, 0.4) is 0 Å². The largest absolute Gasteiger partial charge is 0.317 e. The highest BCUT2D eigenvalue weighted by atomic mass is 14.8. The molecule has 1 aromatic carbocycles. The highest BCUT2D eigenvalue weighted by molar-refractivity contribution is 5.49. The maximum atomic E-state index is 3.48. The zero-order valence-corrected chi connectivity index (χ0v) is 15.2. The first kappa shape index (κ1) is 18.2. The van der Waals surface area contributed by atoms with Crippen LogP contribution in [0.15, 0.2) is 0 Å². The van der Waals surface area contributed by atoms with Gasteiger partial charge in [0.2, 0.25) is 0 Å². The van der Waals surface area contributed by atoms with Crippen LogP contribution in [0.1, 0.15) is 72.4 Å². The summed E-state index contributed by atoms with van der Waals surface area (Å²) in [7, 11) is 0. The van der Waals surface area contributed by atoms with E-state index >= 15 is 0 Å². The van der Waals surface area contributed by atoms with Gasteiger partial charge < -0.3 is 5.32 Å². The van der Waals surface area contributed by atoms with Gasteiger partial charge in [-0.3, -0.25) is 0 Å². The molecule has 0 aromatic heterocycles. The second kappa shape index (κ2) is 9.25. The second-order valence-corrected chi connectivity index (χ2v) is 6.52. The number of hydrogen-bond donors (Lipinski definition) is 1. The van der Waals surface area contributed by atoms with Crippen molar-refractivity contribution in [3.63, 3.8) is 0 Å². The fourth-order valence-electron chi connectivity index (χ4n) is 3.16. The Hall–Kier alpha value is -0.820. The van der Waals surface area contributed by atoms with Gasteiger partial charge in [0.15, 0.2) is 0 Å². The van der Waals surface area contributed by atoms with E-state index in [4.69, 9.17) is 0 Å². The Bertz CT molecular complexity index is 417. The minimum absolute atomic E-state index is 1.17. The number of unbranched alkanes of at least 4 members (excludes halogenated alkanes) is 3. The van der Waals surface area contributed by atoms with Crippen molar-refractivity contribution in [2.45, 2.75) is 80.1 Å². The summed E-state index contributed by atoms with van der Waals surface area (Å²) in [6.45, 7) is 16.0. The molecule has 120 valence electrons. The monoisotopic (exact) mass is 289 g/mol. The Kier molecular flexibility index (Phi) is 8.03. The number of hydrogen-bond acceptors (Lipinski definition) is 1. The predicted molar refractivity (Wildman–Crippen MR) is 95.5 cm³/mol. The van der Waals surface area contributed by atoms with Crippen LogP contribution in [-0.2, 0) is 6.42 Å². The summed E-state index contributed by atoms with van der Waals surface area (Å²) in [5, 5.41) is 3.48. The van der Waals surface area contributed by atoms with E-state index in [-0.39, 0.29) is 0 Å². The van der Waals surface area contributed by atoms with Crippen molar-refractivity contribution in [1.82, 2.24) is 5.32 Å². The van der Waals surface area contributed by atoms with E-state index in [1.54, 1.807) is 5.56 Å². The summed E-state index contributed by atoms with van der Waals surface area (Å²) >= 11 is 0. The standard InChI is InChI=1S/C20H35N/c1-7-13-21-14-11-9-8-10-12-20-18(5)16(3)15(2)17(4)19(20)6/h21H,7-14H2,1-6H3. The first-order valence-electron chi connectivity index (χ1n) is 8.77. The molecule has 1 N–H and O–H groups in total. The highest BCUT2D eigenvalue weighted by Gasteiger charge is 2.11. The Labute approximate surface area is 132 Å². The molecule has 1 heteroatoms. The average Bonchev–Trinajstić information content (AvgIpc) is 2.49. The normalized spacial score (nSPS) is 11.1. The summed E-state index contributed by atoms with van der Waals surface area (Å²) in [6.07, 6.45) is 7.87. The SMILES string of the molecule is CCCNCCCCCCc1c(C)c(C)c(C)c(C)c1C. The lowest BCUT2D eigenvalue weighted by Crippen LogP contribution is -2.15. The average molecular weight is 290 g/mol. The molecule has 21 heavy (non-hydrogen) atoms. The molecule has 0 heterocycles. The molecule has 0 fully saturated rings. The molecule has 0 bridgehead atoms. The molecule has 1 nitrogen and oxygen atoms in total. The van der Waals surface area contributed by atoms with E-state index < -0.39 is 0 Å². The van der Waals surface area contributed by atoms with E-state index in [0.717, 1.165) is 0 Å². The van der Waals surface area contributed by atoms with E-state index in [0.29, 0.717) is 0 Å². The summed E-state index contributed by atoms with van der Waals surface area (Å²) in [6, 6.07) is 0. The molecule has 0 amide bonds. The Balaban J connectivity index is 2.43. The fraction of sp³-hybridized carbons (Fsp3) is 0.700. The van der Waals surface area contributed by atoms with Gasteiger partial charge >= 0.3 is 0 Å². The molecule has 0 unspecified atom stereocenters. The lowest BCUT2D eigenvalue weighted by Gasteiger charge is -2.18. The summed E-state index contributed by atoms with van der Waals surface area (Å²) in [5.74, 6) is 0. The van der Waals surface area contributed by atoms with Crippen molar-refractivity contribution < 1.29 is 0 Å². The van der Waals surface area contributed by atoms with Gasteiger partial charge in [0.05, 0.1) is 0 Å². The summed E-state index contributed by atoms with van der Waals surface area (Å²) in [4.78, 5) is 0. The van der Waals surface area contributed by atoms with Crippen molar-refractivity contribution in [3.8, 4) is 0 Å². The van der Waals surface area contributed by atoms with Gasteiger partial charge in [-0.15, -0.1) is 0 Å². The summed E-state index contributed by atoms with van der Waals surface area (Å²) < 4.78 is 0. The number of rotatable bonds is 9. The maximum Gasteiger partial charge on any atom is -0.00489 e. The molecule has 0 spiro atoms. The third kappa shape index (κ3) is 5.14. The van der Waals surface area contributed by atoms with Crippen LogP contribution < -0.4 is 5.32 Å². The van der Waals surface area contributed by atoms with Gasteiger partial charge in [0.1, 0.15) is 0 Å². The lowest BCUT2D eigenvalue weighted by molar-refractivity contribution is 0.584. The first-order valence-corrected chi connectivity index (χ1v) is 8.77. The third-order valence-electron chi connectivity index (χ3n) is 5.11. The first-order chi connectivity index (χ1) is 10.0. The quantitative estimate of drug-likeness (QED) is 0.606. The van der Waals surface area contributed by atoms with E-state index in [9.17, 15) is 0 Å². The number of benzene rings is 1. The zero-order valence-electron chi connectivity index (χ0n) is 15.2. The second-order valence-electron chi connectivity index (χ2n) is 6.52. The van der Waals surface area contributed by atoms with Crippen LogP contribution in [0.5, 0.6) is 0 Å². The van der Waals surface area contributed by atoms with Crippen molar-refractivity contribution in [2.75, 3.05) is 13.1 Å². The van der Waals surface area contributed by atoms with Crippen LogP contribution in [0.25, 0.3) is 0 Å². The lowest BCUT2D eigenvalue weighted by atomic mass is 9.87. The van der Waals surface area contributed by atoms with Crippen LogP contribution in [0.4, 0.5) is 0 Å². The molecular weight excluding hydrogens is 254 g/mol. The number of nitrogens with one attached hydrogen (secondary N) is 1. The Morgan fingerprint density at radius 1 is 0.619 bits per heavy atom. The molecule has 1 rings (SSSR count). The van der Waals surface area contributed by atoms with Crippen molar-refractivity contribution in [3.05, 3.63) is 33.4 Å². The smallest absolute Gasteiger partial charge is 0.00489 e. The van der Waals surface area contributed by atoms with Crippen LogP contribution in [0.2, 0.25) is 0 Å². The van der Waals surface area contributed by atoms with E-state index in [1.807, 2.05) is 0 Å². The fourth-order valence-corrected chi connectivity index (χ4v) is 3.16. The minimum Gasteiger partial charge on any atom is -0.317 e. The Morgan fingerprint density at radius 2 is 1.14 bits per heavy atom. The van der Waals surface area contributed by atoms with Gasteiger partial charge in [-0.2, -0.15) is 0 Å². The minimum atomic E-state index is 1.17. The van der Waals surface area contributed by atoms with Crippen molar-refractivity contribution in [1.29, 1.82) is 0 Å². The van der Waals surface area contributed by atoms with E-state index in [2.05, 4.69) is 46.9 Å². The molecule has 0 aliphatic carbocycles. The van der Waals surface area contributed by atoms with Crippen LogP contribution in [-0.4, -0.2) is 13.1 Å². The molecule has 0 saturated carbocycles. The van der Waals surface area contributed by atoms with E-state index in [1.165, 1.54) is 79.4 Å². The molecule has 0 radical (unpaired) electrons. The van der Waals surface area contributed by atoms with Gasteiger partial charge in [-0.1, -0.05) is 19.8 Å². The van der Waals surface area contributed by atoms with Crippen LogP contribution in [0, 0.1) is 34.6 Å². The highest BCUT2D eigenvalue weighted by Crippen LogP contribution is 2.27. The Morgan fingerprint density at radius 3 is 1.71 bits per heavy atom. The molecule has 1 aromatic rings. The van der Waals surface area contributed by atoms with Gasteiger partial charge in [-0.25, -0.2) is 0 Å². The molecule has 0 aliphatic heterocycles. The van der Waals surface area contributed by atoms with Crippen molar-refractivity contribution in [2.24, 2.45) is 0 Å².